The number of primary amides is 1. The number of aliphatic hydroxyl groups is 2. The summed E-state index contributed by atoms with van der Waals surface area (Å²) < 4.78 is 37.6. The molecule has 16 heteroatoms. The zero-order valence-corrected chi connectivity index (χ0v) is 24.1. The van der Waals surface area contributed by atoms with Crippen molar-refractivity contribution in [1.29, 1.82) is 0 Å². The van der Waals surface area contributed by atoms with Crippen LogP contribution in [0.2, 0.25) is 0 Å². The molecular formula is C24H31BrF2N6O6S. The van der Waals surface area contributed by atoms with Crippen LogP contribution in [0.5, 0.6) is 5.88 Å². The van der Waals surface area contributed by atoms with Gasteiger partial charge in [0.15, 0.2) is 0 Å². The van der Waals surface area contributed by atoms with Crippen LogP contribution >= 0.6 is 27.5 Å². The Labute approximate surface area is 241 Å². The van der Waals surface area contributed by atoms with Crippen LogP contribution in [0.1, 0.15) is 35.2 Å². The molecule has 0 bridgehead atoms. The maximum absolute atomic E-state index is 14.1. The van der Waals surface area contributed by atoms with Gasteiger partial charge in [-0.2, -0.15) is 4.37 Å². The number of piperazine rings is 1. The van der Waals surface area contributed by atoms with Crippen LogP contribution in [0.25, 0.3) is 0 Å². The van der Waals surface area contributed by atoms with Crippen molar-refractivity contribution in [2.45, 2.75) is 38.1 Å². The van der Waals surface area contributed by atoms with E-state index in [1.165, 1.54) is 0 Å². The number of aromatic nitrogens is 1. The van der Waals surface area contributed by atoms with Gasteiger partial charge in [0.05, 0.1) is 24.2 Å². The van der Waals surface area contributed by atoms with Gasteiger partial charge in [0, 0.05) is 37.2 Å². The molecule has 12 nitrogen and oxygen atoms in total. The molecule has 1 fully saturated rings. The molecule has 2 heterocycles. The van der Waals surface area contributed by atoms with Crippen LogP contribution < -0.4 is 21.1 Å². The van der Waals surface area contributed by atoms with Crippen molar-refractivity contribution in [1.82, 2.24) is 19.5 Å². The Hall–Kier alpha value is -2.92. The monoisotopic (exact) mass is 648 g/mol. The number of carbonyl (C=O) groups is 3. The average Bonchev–Trinajstić information content (AvgIpc) is 3.26. The number of nitrogens with zero attached hydrogens (tertiary/aromatic N) is 3. The van der Waals surface area contributed by atoms with Crippen LogP contribution in [-0.4, -0.2) is 94.2 Å². The quantitative estimate of drug-likeness (QED) is 0.231. The van der Waals surface area contributed by atoms with Crippen molar-refractivity contribution >= 4 is 50.3 Å². The lowest BCUT2D eigenvalue weighted by Gasteiger charge is -2.33. The molecule has 4 amide bonds. The van der Waals surface area contributed by atoms with Crippen LogP contribution in [0, 0.1) is 11.6 Å². The average molecular weight is 650 g/mol. The lowest BCUT2D eigenvalue weighted by Crippen LogP contribution is -2.47. The van der Waals surface area contributed by atoms with Gasteiger partial charge in [0.25, 0.3) is 5.91 Å². The summed E-state index contributed by atoms with van der Waals surface area (Å²) >= 11 is 3.66. The second-order valence-corrected chi connectivity index (χ2v) is 11.0. The molecular weight excluding hydrogens is 618 g/mol. The van der Waals surface area contributed by atoms with Crippen molar-refractivity contribution in [3.8, 4) is 5.88 Å². The van der Waals surface area contributed by atoms with Crippen molar-refractivity contribution in [3.63, 3.8) is 0 Å². The highest BCUT2D eigenvalue weighted by atomic mass is 79.9. The zero-order chi connectivity index (χ0) is 29.4. The van der Waals surface area contributed by atoms with Crippen molar-refractivity contribution < 1.29 is 38.1 Å². The molecule has 0 saturated carbocycles. The molecule has 2 aromatic rings. The topological polar surface area (TPSA) is 170 Å². The number of urea groups is 1. The number of benzene rings is 1. The molecule has 6 N–H and O–H groups in total. The maximum atomic E-state index is 14.1. The second-order valence-electron chi connectivity index (χ2n) is 9.29. The predicted molar refractivity (Wildman–Crippen MR) is 146 cm³/mol. The fourth-order valence-electron chi connectivity index (χ4n) is 3.93. The molecule has 2 unspecified atom stereocenters. The first kappa shape index (κ1) is 31.6. The number of hydrogen-bond donors (Lipinski definition) is 5. The van der Waals surface area contributed by atoms with E-state index in [-0.39, 0.29) is 58.2 Å². The third-order valence-electron chi connectivity index (χ3n) is 6.17. The largest absolute Gasteiger partial charge is 0.471 e. The normalized spacial score (nSPS) is 15.4. The number of rotatable bonds is 12. The summed E-state index contributed by atoms with van der Waals surface area (Å²) in [5, 5.41) is 25.3. The summed E-state index contributed by atoms with van der Waals surface area (Å²) in [6.45, 7) is 2.16. The molecule has 2 atom stereocenters. The number of aliphatic hydroxyl groups excluding tert-OH is 2. The van der Waals surface area contributed by atoms with E-state index in [0.717, 1.165) is 25.2 Å². The summed E-state index contributed by atoms with van der Waals surface area (Å²) in [7, 11) is 1.97. The van der Waals surface area contributed by atoms with Gasteiger partial charge in [-0.25, -0.2) is 13.6 Å². The highest BCUT2D eigenvalue weighted by Crippen LogP contribution is 2.31. The Bertz CT molecular complexity index is 1190. The molecule has 1 aliphatic heterocycles. The summed E-state index contributed by atoms with van der Waals surface area (Å²) in [6, 6.07) is 1.38. The Kier molecular flexibility index (Phi) is 11.6. The molecule has 0 aliphatic carbocycles. The van der Waals surface area contributed by atoms with Gasteiger partial charge in [-0.3, -0.25) is 14.9 Å². The molecule has 1 aliphatic rings. The van der Waals surface area contributed by atoms with E-state index in [2.05, 4.69) is 35.8 Å². The molecule has 0 radical (unpaired) electrons. The van der Waals surface area contributed by atoms with E-state index in [1.54, 1.807) is 4.90 Å². The number of ether oxygens (including phenoxy) is 1. The first-order chi connectivity index (χ1) is 18.9. The molecule has 0 spiro atoms. The Morgan fingerprint density at radius 2 is 1.82 bits per heavy atom. The van der Waals surface area contributed by atoms with Crippen molar-refractivity contribution in [3.05, 3.63) is 39.4 Å². The first-order valence-electron chi connectivity index (χ1n) is 12.4. The van der Waals surface area contributed by atoms with Gasteiger partial charge >= 0.3 is 6.03 Å². The molecule has 1 saturated heterocycles. The SMILES string of the molecule is CN1CCN(C(=O)CC(O)CC(O)CCNC(=O)Nc2snc(OCc3c(F)cc(Br)cc3F)c2C(N)=O)CC1. The van der Waals surface area contributed by atoms with Gasteiger partial charge in [-0.1, -0.05) is 15.9 Å². The van der Waals surface area contributed by atoms with Gasteiger partial charge in [0.1, 0.15) is 28.8 Å². The van der Waals surface area contributed by atoms with E-state index in [1.807, 2.05) is 7.05 Å². The first-order valence-corrected chi connectivity index (χ1v) is 13.9. The lowest BCUT2D eigenvalue weighted by atomic mass is 10.1. The van der Waals surface area contributed by atoms with Crippen LogP contribution in [0.4, 0.5) is 18.6 Å². The number of nitrogens with two attached hydrogens (primary N) is 1. The third kappa shape index (κ3) is 9.05. The highest BCUT2D eigenvalue weighted by Gasteiger charge is 2.24. The number of nitrogens with one attached hydrogen (secondary N) is 2. The molecule has 3 rings (SSSR count). The third-order valence-corrected chi connectivity index (χ3v) is 7.37. The standard InChI is InChI=1S/C24H31BrF2N6O6S/c1-32-4-6-33(7-5-32)19(36)11-15(35)10-14(34)2-3-29-24(38)30-23-20(21(28)37)22(31-40-23)39-12-16-17(26)8-13(25)9-18(16)27/h8-9,14-15,34-35H,2-7,10-12H2,1H3,(H2,28,37)(H2,29,30,38). The molecule has 40 heavy (non-hydrogen) atoms. The number of anilines is 1. The highest BCUT2D eigenvalue weighted by molar-refractivity contribution is 9.10. The summed E-state index contributed by atoms with van der Waals surface area (Å²) in [6.07, 6.45) is -2.04. The fraction of sp³-hybridized carbons (Fsp3) is 0.500. The Balaban J connectivity index is 1.44. The summed E-state index contributed by atoms with van der Waals surface area (Å²) in [5.74, 6) is -3.18. The van der Waals surface area contributed by atoms with Crippen LogP contribution in [0.3, 0.4) is 0 Å². The van der Waals surface area contributed by atoms with E-state index >= 15 is 0 Å². The van der Waals surface area contributed by atoms with Gasteiger partial charge < -0.3 is 35.8 Å². The van der Waals surface area contributed by atoms with Crippen molar-refractivity contribution in [2.24, 2.45) is 5.73 Å². The number of carbonyl (C=O) groups excluding carboxylic acids is 3. The van der Waals surface area contributed by atoms with E-state index in [4.69, 9.17) is 10.5 Å². The summed E-state index contributed by atoms with van der Waals surface area (Å²) in [4.78, 5) is 40.4. The maximum Gasteiger partial charge on any atom is 0.319 e. The van der Waals surface area contributed by atoms with E-state index in [9.17, 15) is 33.4 Å². The Morgan fingerprint density at radius 3 is 2.45 bits per heavy atom. The molecule has 1 aromatic carbocycles. The molecule has 220 valence electrons. The predicted octanol–water partition coefficient (Wildman–Crippen LogP) is 1.65. The number of likely N-dealkylation sites (N-methyl/N-ethyl adjacent to an activating group) is 1. The zero-order valence-electron chi connectivity index (χ0n) is 21.7. The summed E-state index contributed by atoms with van der Waals surface area (Å²) in [5.41, 5.74) is 4.74. The smallest absolute Gasteiger partial charge is 0.319 e. The number of amides is 4. The van der Waals surface area contributed by atoms with E-state index < -0.39 is 42.4 Å². The lowest BCUT2D eigenvalue weighted by molar-refractivity contribution is -0.135. The second kappa shape index (κ2) is 14.6. The van der Waals surface area contributed by atoms with Gasteiger partial charge in [0.2, 0.25) is 11.8 Å². The fourth-order valence-corrected chi connectivity index (χ4v) is 5.07. The van der Waals surface area contributed by atoms with Crippen LogP contribution in [0.15, 0.2) is 16.6 Å². The minimum absolute atomic E-state index is 0.0162. The van der Waals surface area contributed by atoms with Gasteiger partial charge in [-0.15, -0.1) is 0 Å². The minimum atomic E-state index is -1.02. The van der Waals surface area contributed by atoms with Gasteiger partial charge in [-0.05, 0) is 43.6 Å². The molecule has 1 aromatic heterocycles. The number of halogens is 3. The van der Waals surface area contributed by atoms with Crippen LogP contribution in [-0.2, 0) is 11.4 Å². The van der Waals surface area contributed by atoms with Crippen molar-refractivity contribution in [2.75, 3.05) is 45.1 Å². The minimum Gasteiger partial charge on any atom is -0.471 e. The van der Waals surface area contributed by atoms with E-state index in [0.29, 0.717) is 24.6 Å². The number of hydrogen-bond acceptors (Lipinski definition) is 9. The Morgan fingerprint density at radius 1 is 1.18 bits per heavy atom.